The quantitative estimate of drug-likeness (QED) is 0.591. The number of aromatic nitrogens is 5. The predicted octanol–water partition coefficient (Wildman–Crippen LogP) is 1.47. The van der Waals surface area contributed by atoms with Gasteiger partial charge in [-0.15, -0.1) is 11.3 Å². The summed E-state index contributed by atoms with van der Waals surface area (Å²) in [7, 11) is 0. The van der Waals surface area contributed by atoms with Crippen LogP contribution in [0.3, 0.4) is 0 Å². The Balaban J connectivity index is 1.84. The summed E-state index contributed by atoms with van der Waals surface area (Å²) in [6.07, 6.45) is 2.39. The highest BCUT2D eigenvalue weighted by Gasteiger charge is 2.15. The van der Waals surface area contributed by atoms with E-state index in [0.29, 0.717) is 10.8 Å². The molecule has 8 nitrogen and oxygen atoms in total. The Morgan fingerprint density at radius 1 is 1.16 bits per heavy atom. The van der Waals surface area contributed by atoms with E-state index in [0.717, 1.165) is 15.2 Å². The zero-order chi connectivity index (χ0) is 17.4. The molecule has 0 aliphatic heterocycles. The Morgan fingerprint density at radius 2 is 1.92 bits per heavy atom. The fraction of sp³-hybridized carbons (Fsp3) is 0.125. The van der Waals surface area contributed by atoms with Gasteiger partial charge in [-0.2, -0.15) is 15.3 Å². The van der Waals surface area contributed by atoms with Gasteiger partial charge in [-0.3, -0.25) is 9.59 Å². The largest absolute Gasteiger partial charge is 0.481 e. The molecule has 0 spiro atoms. The molecular weight excluding hydrogens is 342 g/mol. The maximum Gasteiger partial charge on any atom is 0.309 e. The first-order valence-electron chi connectivity index (χ1n) is 7.38. The molecule has 25 heavy (non-hydrogen) atoms. The van der Waals surface area contributed by atoms with Crippen molar-refractivity contribution in [2.45, 2.75) is 13.0 Å². The fourth-order valence-corrected chi connectivity index (χ4v) is 3.55. The van der Waals surface area contributed by atoms with E-state index in [1.54, 1.807) is 0 Å². The van der Waals surface area contributed by atoms with Gasteiger partial charge in [0.25, 0.3) is 5.56 Å². The van der Waals surface area contributed by atoms with Crippen molar-refractivity contribution in [3.8, 4) is 0 Å². The van der Waals surface area contributed by atoms with Crippen LogP contribution in [-0.2, 0) is 17.8 Å². The number of nitrogens with zero attached hydrogens (tertiary/aromatic N) is 5. The van der Waals surface area contributed by atoms with Gasteiger partial charge in [0.05, 0.1) is 46.7 Å². The zero-order valence-electron chi connectivity index (χ0n) is 12.8. The third-order valence-electron chi connectivity index (χ3n) is 3.69. The number of hydrogen-bond donors (Lipinski definition) is 1. The van der Waals surface area contributed by atoms with Crippen molar-refractivity contribution in [2.75, 3.05) is 0 Å². The van der Waals surface area contributed by atoms with Crippen LogP contribution >= 0.6 is 11.3 Å². The standard InChI is InChI=1S/C16H11N5O3S/c22-15(23)5-12-9-6-17-18-7-10(9)16(24)21(20-12)8-14-19-11-3-1-2-4-13(11)25-14/h1-4,6-7H,5,8H2,(H,22,23). The lowest BCUT2D eigenvalue weighted by atomic mass is 10.2. The maximum atomic E-state index is 12.6. The number of benzene rings is 1. The molecule has 0 unspecified atom stereocenters. The van der Waals surface area contributed by atoms with Crippen LogP contribution in [0.1, 0.15) is 10.7 Å². The maximum absolute atomic E-state index is 12.6. The van der Waals surface area contributed by atoms with Gasteiger partial charge in [0, 0.05) is 5.39 Å². The van der Waals surface area contributed by atoms with Crippen LogP contribution in [-0.4, -0.2) is 36.0 Å². The molecular formula is C16H11N5O3S. The molecule has 0 aliphatic carbocycles. The van der Waals surface area contributed by atoms with Crippen LogP contribution in [0, 0.1) is 0 Å². The van der Waals surface area contributed by atoms with Gasteiger partial charge in [-0.1, -0.05) is 12.1 Å². The summed E-state index contributed by atoms with van der Waals surface area (Å²) in [6.45, 7) is 0.170. The van der Waals surface area contributed by atoms with Crippen molar-refractivity contribution < 1.29 is 9.90 Å². The predicted molar refractivity (Wildman–Crippen MR) is 91.7 cm³/mol. The average molecular weight is 353 g/mol. The summed E-state index contributed by atoms with van der Waals surface area (Å²) in [4.78, 5) is 28.3. The minimum atomic E-state index is -1.03. The summed E-state index contributed by atoms with van der Waals surface area (Å²) < 4.78 is 2.25. The van der Waals surface area contributed by atoms with Crippen LogP contribution in [0.2, 0.25) is 0 Å². The van der Waals surface area contributed by atoms with Gasteiger partial charge in [0.15, 0.2) is 0 Å². The zero-order valence-corrected chi connectivity index (χ0v) is 13.6. The molecule has 3 heterocycles. The molecule has 1 N–H and O–H groups in total. The fourth-order valence-electron chi connectivity index (χ4n) is 2.60. The number of para-hydroxylation sites is 1. The van der Waals surface area contributed by atoms with E-state index >= 15 is 0 Å². The van der Waals surface area contributed by atoms with E-state index in [1.165, 1.54) is 28.4 Å². The van der Waals surface area contributed by atoms with Crippen molar-refractivity contribution in [2.24, 2.45) is 0 Å². The molecule has 4 aromatic rings. The second-order valence-electron chi connectivity index (χ2n) is 5.37. The van der Waals surface area contributed by atoms with Gasteiger partial charge >= 0.3 is 5.97 Å². The topological polar surface area (TPSA) is 111 Å². The van der Waals surface area contributed by atoms with E-state index < -0.39 is 5.97 Å². The number of carboxylic acids is 1. The molecule has 3 aromatic heterocycles. The lowest BCUT2D eigenvalue weighted by Gasteiger charge is -2.08. The van der Waals surface area contributed by atoms with Crippen LogP contribution in [0.25, 0.3) is 21.0 Å². The average Bonchev–Trinajstić information content (AvgIpc) is 3.01. The van der Waals surface area contributed by atoms with Gasteiger partial charge < -0.3 is 5.11 Å². The minimum Gasteiger partial charge on any atom is -0.481 e. The van der Waals surface area contributed by atoms with Crippen LogP contribution < -0.4 is 5.56 Å². The Morgan fingerprint density at radius 3 is 2.68 bits per heavy atom. The molecule has 0 aliphatic rings. The second-order valence-corrected chi connectivity index (χ2v) is 6.49. The summed E-state index contributed by atoms with van der Waals surface area (Å²) in [6, 6.07) is 7.68. The van der Waals surface area contributed by atoms with Gasteiger partial charge in [-0.05, 0) is 12.1 Å². The first-order chi connectivity index (χ1) is 12.1. The monoisotopic (exact) mass is 353 g/mol. The first kappa shape index (κ1) is 15.3. The third kappa shape index (κ3) is 2.85. The minimum absolute atomic E-state index is 0.170. The van der Waals surface area contributed by atoms with E-state index in [2.05, 4.69) is 20.3 Å². The summed E-state index contributed by atoms with van der Waals surface area (Å²) in [5.41, 5.74) is 0.782. The molecule has 0 atom stereocenters. The molecule has 9 heteroatoms. The highest BCUT2D eigenvalue weighted by molar-refractivity contribution is 7.18. The van der Waals surface area contributed by atoms with Crippen molar-refractivity contribution in [3.63, 3.8) is 0 Å². The molecule has 0 bridgehead atoms. The molecule has 0 saturated heterocycles. The van der Waals surface area contributed by atoms with E-state index in [1.807, 2.05) is 24.3 Å². The van der Waals surface area contributed by atoms with Crippen molar-refractivity contribution in [1.82, 2.24) is 25.0 Å². The molecule has 1 aromatic carbocycles. The Bertz CT molecular complexity index is 1130. The second kappa shape index (κ2) is 6.02. The number of thiazole rings is 1. The smallest absolute Gasteiger partial charge is 0.309 e. The van der Waals surface area contributed by atoms with Gasteiger partial charge in [0.2, 0.25) is 0 Å². The van der Waals surface area contributed by atoms with Crippen molar-refractivity contribution in [1.29, 1.82) is 0 Å². The first-order valence-corrected chi connectivity index (χ1v) is 8.20. The highest BCUT2D eigenvalue weighted by atomic mass is 32.1. The molecule has 0 fully saturated rings. The van der Waals surface area contributed by atoms with E-state index in [4.69, 9.17) is 5.11 Å². The Hall–Kier alpha value is -3.20. The molecule has 124 valence electrons. The van der Waals surface area contributed by atoms with Crippen molar-refractivity contribution >= 4 is 38.3 Å². The van der Waals surface area contributed by atoms with Gasteiger partial charge in [-0.25, -0.2) is 9.67 Å². The summed E-state index contributed by atoms with van der Waals surface area (Å²) in [5.74, 6) is -1.03. The van der Waals surface area contributed by atoms with Crippen LogP contribution in [0.5, 0.6) is 0 Å². The van der Waals surface area contributed by atoms with Crippen LogP contribution in [0.4, 0.5) is 0 Å². The van der Waals surface area contributed by atoms with E-state index in [9.17, 15) is 9.59 Å². The molecule has 0 amide bonds. The van der Waals surface area contributed by atoms with Crippen LogP contribution in [0.15, 0.2) is 41.5 Å². The van der Waals surface area contributed by atoms with E-state index in [-0.39, 0.29) is 24.2 Å². The van der Waals surface area contributed by atoms with Crippen molar-refractivity contribution in [3.05, 3.63) is 57.7 Å². The van der Waals surface area contributed by atoms with Gasteiger partial charge in [0.1, 0.15) is 5.01 Å². The number of carbonyl (C=O) groups is 1. The normalized spacial score (nSPS) is 11.2. The number of fused-ring (bicyclic) bond motifs is 2. The molecule has 4 rings (SSSR count). The summed E-state index contributed by atoms with van der Waals surface area (Å²) >= 11 is 1.47. The lowest BCUT2D eigenvalue weighted by Crippen LogP contribution is -2.26. The number of carboxylic acid groups (broad SMARTS) is 1. The molecule has 0 saturated carbocycles. The summed E-state index contributed by atoms with van der Waals surface area (Å²) in [5, 5.41) is 22.2. The molecule has 0 radical (unpaired) electrons. The highest BCUT2D eigenvalue weighted by Crippen LogP contribution is 2.22. The number of hydrogen-bond acceptors (Lipinski definition) is 7. The lowest BCUT2D eigenvalue weighted by molar-refractivity contribution is -0.136. The number of aliphatic carboxylic acids is 1. The Labute approximate surface area is 144 Å². The number of rotatable bonds is 4. The Kier molecular flexibility index (Phi) is 3.69. The third-order valence-corrected chi connectivity index (χ3v) is 4.71. The SMILES string of the molecule is O=C(O)Cc1nn(Cc2nc3ccccc3s2)c(=O)c2cnncc12.